The number of hydrogen-bond donors (Lipinski definition) is 2. The summed E-state index contributed by atoms with van der Waals surface area (Å²) in [5, 5.41) is 14.2. The van der Waals surface area contributed by atoms with Crippen LogP contribution in [-0.4, -0.2) is 42.1 Å². The van der Waals surface area contributed by atoms with Gasteiger partial charge in [-0.15, -0.1) is 0 Å². The molecule has 2 N–H and O–H groups in total. The number of benzene rings is 2. The van der Waals surface area contributed by atoms with Crippen molar-refractivity contribution in [1.29, 1.82) is 0 Å². The van der Waals surface area contributed by atoms with Gasteiger partial charge in [-0.3, -0.25) is 4.98 Å². The summed E-state index contributed by atoms with van der Waals surface area (Å²) in [5.41, 5.74) is 2.64. The Balaban J connectivity index is 1.47. The smallest absolute Gasteiger partial charge is 0.137 e. The van der Waals surface area contributed by atoms with Crippen molar-refractivity contribution in [2.75, 3.05) is 13.7 Å². The molecule has 3 atom stereocenters. The van der Waals surface area contributed by atoms with E-state index in [1.54, 1.807) is 43.8 Å². The van der Waals surface area contributed by atoms with Crippen LogP contribution in [-0.2, 0) is 11.3 Å². The summed E-state index contributed by atoms with van der Waals surface area (Å²) in [6.07, 6.45) is 2.78. The first-order chi connectivity index (χ1) is 15.5. The number of aromatic nitrogens is 1. The summed E-state index contributed by atoms with van der Waals surface area (Å²) in [5.74, 6) is -0.236. The van der Waals surface area contributed by atoms with Gasteiger partial charge in [0.15, 0.2) is 0 Å². The van der Waals surface area contributed by atoms with Crippen molar-refractivity contribution in [1.82, 2.24) is 10.3 Å². The summed E-state index contributed by atoms with van der Waals surface area (Å²) < 4.78 is 38.4. The number of methoxy groups -OCH3 is 1. The summed E-state index contributed by atoms with van der Waals surface area (Å²) in [4.78, 5) is 4.14. The highest BCUT2D eigenvalue weighted by molar-refractivity contribution is 5.34. The second-order valence-corrected chi connectivity index (χ2v) is 7.98. The van der Waals surface area contributed by atoms with Gasteiger partial charge in [-0.2, -0.15) is 0 Å². The van der Waals surface area contributed by atoms with Gasteiger partial charge in [-0.1, -0.05) is 24.3 Å². The van der Waals surface area contributed by atoms with Crippen molar-refractivity contribution < 1.29 is 23.4 Å². The lowest BCUT2D eigenvalue weighted by atomic mass is 9.82. The largest absolute Gasteiger partial charge is 0.495 e. The van der Waals surface area contributed by atoms with E-state index in [-0.39, 0.29) is 29.7 Å². The van der Waals surface area contributed by atoms with Crippen molar-refractivity contribution >= 4 is 0 Å². The van der Waals surface area contributed by atoms with Crippen molar-refractivity contribution in [3.05, 3.63) is 95.3 Å². The predicted octanol–water partition coefficient (Wildman–Crippen LogP) is 3.81. The van der Waals surface area contributed by atoms with Gasteiger partial charge in [0.25, 0.3) is 0 Å². The number of aliphatic hydroxyl groups excluding tert-OH is 1. The van der Waals surface area contributed by atoms with Crippen LogP contribution in [0, 0.1) is 11.6 Å². The summed E-state index contributed by atoms with van der Waals surface area (Å²) in [6.45, 7) is 0.821. The van der Waals surface area contributed by atoms with Gasteiger partial charge in [0, 0.05) is 25.1 Å². The predicted molar refractivity (Wildman–Crippen MR) is 116 cm³/mol. The number of halogens is 2. The number of nitrogens with zero attached hydrogens (tertiary/aromatic N) is 1. The zero-order valence-corrected chi connectivity index (χ0v) is 17.7. The zero-order valence-electron chi connectivity index (χ0n) is 17.7. The number of nitrogens with one attached hydrogen (secondary N) is 1. The maximum absolute atomic E-state index is 13.5. The van der Waals surface area contributed by atoms with Gasteiger partial charge >= 0.3 is 0 Å². The molecule has 2 unspecified atom stereocenters. The number of ether oxygens (including phenoxy) is 2. The molecule has 1 aliphatic rings. The van der Waals surface area contributed by atoms with Crippen LogP contribution >= 0.6 is 0 Å². The van der Waals surface area contributed by atoms with Crippen molar-refractivity contribution in [3.63, 3.8) is 0 Å². The van der Waals surface area contributed by atoms with E-state index < -0.39 is 6.10 Å². The van der Waals surface area contributed by atoms with Gasteiger partial charge in [-0.25, -0.2) is 8.78 Å². The molecule has 0 amide bonds. The fourth-order valence-electron chi connectivity index (χ4n) is 4.12. The summed E-state index contributed by atoms with van der Waals surface area (Å²) in [6, 6.07) is 14.1. The molecule has 0 aliphatic carbocycles. The first-order valence-electron chi connectivity index (χ1n) is 10.6. The quantitative estimate of drug-likeness (QED) is 0.585. The normalized spacial score (nSPS) is 21.0. The van der Waals surface area contributed by atoms with E-state index in [4.69, 9.17) is 9.47 Å². The Morgan fingerprint density at radius 3 is 2.25 bits per heavy atom. The Hall–Kier alpha value is -2.87. The molecule has 0 saturated carbocycles. The van der Waals surface area contributed by atoms with Gasteiger partial charge in [0.1, 0.15) is 17.4 Å². The summed E-state index contributed by atoms with van der Waals surface area (Å²) >= 11 is 0. The number of pyridine rings is 1. The molecule has 1 saturated heterocycles. The molecule has 0 radical (unpaired) electrons. The Labute approximate surface area is 186 Å². The van der Waals surface area contributed by atoms with E-state index in [0.29, 0.717) is 25.3 Å². The van der Waals surface area contributed by atoms with E-state index in [2.05, 4.69) is 10.3 Å². The Bertz CT molecular complexity index is 969. The molecule has 0 spiro atoms. The van der Waals surface area contributed by atoms with Crippen molar-refractivity contribution in [2.45, 2.75) is 37.1 Å². The molecule has 0 bridgehead atoms. The highest BCUT2D eigenvalue weighted by Gasteiger charge is 2.35. The van der Waals surface area contributed by atoms with Crippen LogP contribution in [0.25, 0.3) is 0 Å². The minimum Gasteiger partial charge on any atom is -0.495 e. The van der Waals surface area contributed by atoms with Gasteiger partial charge < -0.3 is 19.9 Å². The minimum atomic E-state index is -0.643. The Kier molecular flexibility index (Phi) is 7.09. The van der Waals surface area contributed by atoms with E-state index in [1.807, 2.05) is 6.07 Å². The molecule has 2 heterocycles. The molecular formula is C25H26F2N2O3. The van der Waals surface area contributed by atoms with Crippen LogP contribution < -0.4 is 10.1 Å². The Morgan fingerprint density at radius 1 is 1.06 bits per heavy atom. The lowest BCUT2D eigenvalue weighted by molar-refractivity contribution is -0.0718. The molecule has 1 fully saturated rings. The van der Waals surface area contributed by atoms with E-state index in [0.717, 1.165) is 16.7 Å². The molecule has 1 aromatic heterocycles. The molecule has 5 nitrogen and oxygen atoms in total. The van der Waals surface area contributed by atoms with Crippen LogP contribution in [0.3, 0.4) is 0 Å². The molecule has 2 aromatic carbocycles. The second kappa shape index (κ2) is 10.2. The Morgan fingerprint density at radius 2 is 1.69 bits per heavy atom. The topological polar surface area (TPSA) is 63.6 Å². The molecular weight excluding hydrogens is 414 g/mol. The molecule has 32 heavy (non-hydrogen) atoms. The molecule has 168 valence electrons. The van der Waals surface area contributed by atoms with Gasteiger partial charge in [0.05, 0.1) is 38.2 Å². The zero-order chi connectivity index (χ0) is 22.5. The monoisotopic (exact) mass is 440 g/mol. The first-order valence-corrected chi connectivity index (χ1v) is 10.6. The van der Waals surface area contributed by atoms with Gasteiger partial charge in [-0.05, 0) is 47.0 Å². The standard InChI is InChI=1S/C25H26F2N2O3/c1-31-21-10-16(12-28-14-21)13-29-22-15-32-24(11-23(22)30)25(17-2-6-19(26)7-3-17)18-4-8-20(27)9-5-18/h2-10,12,14,22-25,29-30H,11,13,15H2,1H3/t22?,23?,24-/m1/s1. The number of hydrogen-bond acceptors (Lipinski definition) is 5. The molecule has 3 aromatic rings. The fourth-order valence-corrected chi connectivity index (χ4v) is 4.12. The van der Waals surface area contributed by atoms with Crippen LogP contribution in [0.1, 0.15) is 29.0 Å². The fraction of sp³-hybridized carbons (Fsp3) is 0.320. The molecule has 1 aliphatic heterocycles. The SMILES string of the molecule is COc1cncc(CNC2CO[C@@H](C(c3ccc(F)cc3)c3ccc(F)cc3)CC2O)c1. The summed E-state index contributed by atoms with van der Waals surface area (Å²) in [7, 11) is 1.59. The molecule has 4 rings (SSSR count). The molecule has 7 heteroatoms. The third-order valence-electron chi connectivity index (χ3n) is 5.83. The lowest BCUT2D eigenvalue weighted by Gasteiger charge is -2.38. The third-order valence-corrected chi connectivity index (χ3v) is 5.83. The van der Waals surface area contributed by atoms with Gasteiger partial charge in [0.2, 0.25) is 0 Å². The maximum atomic E-state index is 13.5. The highest BCUT2D eigenvalue weighted by atomic mass is 19.1. The van der Waals surface area contributed by atoms with E-state index >= 15 is 0 Å². The van der Waals surface area contributed by atoms with Crippen LogP contribution in [0.15, 0.2) is 67.0 Å². The highest BCUT2D eigenvalue weighted by Crippen LogP contribution is 2.35. The average Bonchev–Trinajstić information content (AvgIpc) is 2.81. The first kappa shape index (κ1) is 22.3. The average molecular weight is 440 g/mol. The lowest BCUT2D eigenvalue weighted by Crippen LogP contribution is -2.50. The minimum absolute atomic E-state index is 0.250. The van der Waals surface area contributed by atoms with Crippen LogP contribution in [0.2, 0.25) is 0 Å². The number of aliphatic hydroxyl groups is 1. The number of rotatable bonds is 7. The third kappa shape index (κ3) is 5.30. The van der Waals surface area contributed by atoms with Crippen molar-refractivity contribution in [3.8, 4) is 5.75 Å². The van der Waals surface area contributed by atoms with E-state index in [9.17, 15) is 13.9 Å². The van der Waals surface area contributed by atoms with Crippen molar-refractivity contribution in [2.24, 2.45) is 0 Å². The second-order valence-electron chi connectivity index (χ2n) is 7.98. The van der Waals surface area contributed by atoms with E-state index in [1.165, 1.54) is 24.3 Å². The van der Waals surface area contributed by atoms with Crippen LogP contribution in [0.5, 0.6) is 5.75 Å². The maximum Gasteiger partial charge on any atom is 0.137 e. The van der Waals surface area contributed by atoms with Crippen LogP contribution in [0.4, 0.5) is 8.78 Å².